The summed E-state index contributed by atoms with van der Waals surface area (Å²) in [6, 6.07) is 0. The van der Waals surface area contributed by atoms with E-state index in [0.29, 0.717) is 0 Å². The van der Waals surface area contributed by atoms with E-state index in [1.807, 2.05) is 24.6 Å². The first-order valence-corrected chi connectivity index (χ1v) is 4.18. The molecule has 0 saturated heterocycles. The number of nitrogens with two attached hydrogens (primary N) is 1. The fourth-order valence-corrected chi connectivity index (χ4v) is 0.925. The first kappa shape index (κ1) is 9.80. The van der Waals surface area contributed by atoms with Crippen molar-refractivity contribution in [3.63, 3.8) is 0 Å². The molecule has 1 aliphatic rings. The van der Waals surface area contributed by atoms with E-state index < -0.39 is 0 Å². The smallest absolute Gasteiger partial charge is 0.233 e. The zero-order chi connectivity index (χ0) is 9.90. The lowest BCUT2D eigenvalue weighted by molar-refractivity contribution is -0.117. The lowest BCUT2D eigenvalue weighted by Crippen LogP contribution is -2.37. The molecule has 0 aromatic heterocycles. The molecule has 4 nitrogen and oxygen atoms in total. The Bertz CT molecular complexity index is 240. The lowest BCUT2D eigenvalue weighted by Gasteiger charge is -2.25. The highest BCUT2D eigenvalue weighted by molar-refractivity contribution is 5.75. The molecule has 0 atom stereocenters. The zero-order valence-electron chi connectivity index (χ0n) is 7.95. The summed E-state index contributed by atoms with van der Waals surface area (Å²) in [5, 5.41) is 1.72. The van der Waals surface area contributed by atoms with Gasteiger partial charge in [0.15, 0.2) is 0 Å². The summed E-state index contributed by atoms with van der Waals surface area (Å²) in [6.45, 7) is 4.35. The molecule has 3 N–H and O–H groups in total. The molecule has 0 fully saturated rings. The predicted molar refractivity (Wildman–Crippen MR) is 51.1 cm³/mol. The highest BCUT2D eigenvalue weighted by Crippen LogP contribution is 2.22. The van der Waals surface area contributed by atoms with Crippen LogP contribution in [-0.4, -0.2) is 17.5 Å². The van der Waals surface area contributed by atoms with Crippen molar-refractivity contribution in [2.24, 2.45) is 11.1 Å². The van der Waals surface area contributed by atoms with Crippen LogP contribution < -0.4 is 11.2 Å². The number of carbonyl (C=O) groups is 1. The number of hydrogen-bond donors (Lipinski definition) is 2. The van der Waals surface area contributed by atoms with E-state index in [0.717, 1.165) is 0 Å². The third kappa shape index (κ3) is 3.29. The van der Waals surface area contributed by atoms with Gasteiger partial charge in [0.1, 0.15) is 0 Å². The first-order chi connectivity index (χ1) is 5.99. The molecule has 1 amide bonds. The number of rotatable bonds is 3. The number of allylic oxidation sites excluding steroid dienone is 2. The van der Waals surface area contributed by atoms with Gasteiger partial charge in [-0.15, -0.1) is 0 Å². The van der Waals surface area contributed by atoms with Gasteiger partial charge in [-0.2, -0.15) is 0 Å². The molecule has 1 heterocycles. The Labute approximate surface area is 78.1 Å². The average Bonchev–Trinajstić information content (AvgIpc) is 2.02. The van der Waals surface area contributed by atoms with Crippen LogP contribution in [-0.2, 0) is 4.79 Å². The highest BCUT2D eigenvalue weighted by Gasteiger charge is 2.13. The van der Waals surface area contributed by atoms with Gasteiger partial charge in [0.2, 0.25) is 5.91 Å². The average molecular weight is 181 g/mol. The van der Waals surface area contributed by atoms with Crippen LogP contribution in [0.25, 0.3) is 0 Å². The SMILES string of the molecule is CC1(C)C=CN(NCC(N)=O)C=C1. The number of hydrazine groups is 1. The maximum Gasteiger partial charge on any atom is 0.233 e. The van der Waals surface area contributed by atoms with Gasteiger partial charge < -0.3 is 5.73 Å². The van der Waals surface area contributed by atoms with Crippen molar-refractivity contribution in [1.82, 2.24) is 10.4 Å². The molecule has 1 rings (SSSR count). The molecule has 0 saturated carbocycles. The lowest BCUT2D eigenvalue weighted by atomic mass is 9.92. The van der Waals surface area contributed by atoms with Gasteiger partial charge in [-0.25, -0.2) is 5.43 Å². The van der Waals surface area contributed by atoms with Crippen molar-refractivity contribution < 1.29 is 4.79 Å². The summed E-state index contributed by atoms with van der Waals surface area (Å²) in [5.74, 6) is -0.369. The van der Waals surface area contributed by atoms with Crippen molar-refractivity contribution in [1.29, 1.82) is 0 Å². The van der Waals surface area contributed by atoms with Gasteiger partial charge in [-0.1, -0.05) is 26.0 Å². The van der Waals surface area contributed by atoms with Crippen molar-refractivity contribution >= 4 is 5.91 Å². The summed E-state index contributed by atoms with van der Waals surface area (Å²) < 4.78 is 0. The van der Waals surface area contributed by atoms with Gasteiger partial charge >= 0.3 is 0 Å². The first-order valence-electron chi connectivity index (χ1n) is 4.18. The molecule has 0 aromatic rings. The van der Waals surface area contributed by atoms with Crippen molar-refractivity contribution in [3.8, 4) is 0 Å². The van der Waals surface area contributed by atoms with Crippen LogP contribution in [0.3, 0.4) is 0 Å². The summed E-state index contributed by atoms with van der Waals surface area (Å²) in [5.41, 5.74) is 7.92. The Kier molecular flexibility index (Phi) is 2.72. The molecule has 0 bridgehead atoms. The van der Waals surface area contributed by atoms with Crippen LogP contribution in [0.15, 0.2) is 24.6 Å². The van der Waals surface area contributed by atoms with E-state index in [1.165, 1.54) is 0 Å². The van der Waals surface area contributed by atoms with Gasteiger partial charge in [0, 0.05) is 17.8 Å². The Balaban J connectivity index is 2.41. The molecule has 0 aliphatic carbocycles. The molecule has 1 aliphatic heterocycles. The number of carbonyl (C=O) groups excluding carboxylic acids is 1. The second kappa shape index (κ2) is 3.62. The largest absolute Gasteiger partial charge is 0.369 e. The number of primary amides is 1. The second-order valence-corrected chi connectivity index (χ2v) is 3.66. The maximum absolute atomic E-state index is 10.5. The fourth-order valence-electron chi connectivity index (χ4n) is 0.925. The van der Waals surface area contributed by atoms with Crippen LogP contribution in [0.4, 0.5) is 0 Å². The summed E-state index contributed by atoms with van der Waals surface area (Å²) in [6.07, 6.45) is 7.84. The van der Waals surface area contributed by atoms with Crippen LogP contribution in [0.2, 0.25) is 0 Å². The molecule has 4 heteroatoms. The van der Waals surface area contributed by atoms with Crippen LogP contribution in [0.5, 0.6) is 0 Å². The van der Waals surface area contributed by atoms with Crippen LogP contribution in [0.1, 0.15) is 13.8 Å². The molecule has 0 radical (unpaired) electrons. The molecule has 13 heavy (non-hydrogen) atoms. The monoisotopic (exact) mass is 181 g/mol. The molecule has 0 spiro atoms. The number of amides is 1. The molecule has 0 aromatic carbocycles. The number of nitrogens with one attached hydrogen (secondary N) is 1. The van der Waals surface area contributed by atoms with Gasteiger partial charge in [0.25, 0.3) is 0 Å². The number of hydrogen-bond acceptors (Lipinski definition) is 3. The Morgan fingerprint density at radius 2 is 2.00 bits per heavy atom. The normalized spacial score (nSPS) is 19.1. The van der Waals surface area contributed by atoms with E-state index in [4.69, 9.17) is 5.73 Å². The standard InChI is InChI=1S/C9H15N3O/c1-9(2)3-5-12(6-4-9)11-7-8(10)13/h3-6,11H,7H2,1-2H3,(H2,10,13). The van der Waals surface area contributed by atoms with Crippen molar-refractivity contribution in [3.05, 3.63) is 24.6 Å². The second-order valence-electron chi connectivity index (χ2n) is 3.66. The summed E-state index contributed by atoms with van der Waals surface area (Å²) in [4.78, 5) is 10.5. The Morgan fingerprint density at radius 3 is 2.46 bits per heavy atom. The third-order valence-electron chi connectivity index (χ3n) is 1.77. The third-order valence-corrected chi connectivity index (χ3v) is 1.77. The maximum atomic E-state index is 10.5. The van der Waals surface area contributed by atoms with E-state index in [-0.39, 0.29) is 17.9 Å². The molecule has 72 valence electrons. The summed E-state index contributed by atoms with van der Waals surface area (Å²) in [7, 11) is 0. The molecular formula is C9H15N3O. The topological polar surface area (TPSA) is 58.4 Å². The van der Waals surface area contributed by atoms with Crippen LogP contribution >= 0.6 is 0 Å². The van der Waals surface area contributed by atoms with Gasteiger partial charge in [-0.3, -0.25) is 9.80 Å². The van der Waals surface area contributed by atoms with E-state index in [1.54, 1.807) is 5.01 Å². The minimum atomic E-state index is -0.369. The summed E-state index contributed by atoms with van der Waals surface area (Å²) >= 11 is 0. The van der Waals surface area contributed by atoms with E-state index in [9.17, 15) is 4.79 Å². The molecule has 0 unspecified atom stereocenters. The van der Waals surface area contributed by atoms with Crippen molar-refractivity contribution in [2.45, 2.75) is 13.8 Å². The minimum Gasteiger partial charge on any atom is -0.369 e. The van der Waals surface area contributed by atoms with E-state index in [2.05, 4.69) is 19.3 Å². The van der Waals surface area contributed by atoms with Gasteiger partial charge in [-0.05, 0) is 0 Å². The van der Waals surface area contributed by atoms with Crippen molar-refractivity contribution in [2.75, 3.05) is 6.54 Å². The Morgan fingerprint density at radius 1 is 1.46 bits per heavy atom. The predicted octanol–water partition coefficient (Wildman–Crippen LogP) is 0.346. The number of nitrogens with zero attached hydrogens (tertiary/aromatic N) is 1. The van der Waals surface area contributed by atoms with Gasteiger partial charge in [0.05, 0.1) is 6.54 Å². The van der Waals surface area contributed by atoms with E-state index >= 15 is 0 Å². The highest BCUT2D eigenvalue weighted by atomic mass is 16.1. The minimum absolute atomic E-state index is 0.0882. The molecular weight excluding hydrogens is 166 g/mol. The quantitative estimate of drug-likeness (QED) is 0.660. The zero-order valence-corrected chi connectivity index (χ0v) is 7.95. The van der Waals surface area contributed by atoms with Crippen LogP contribution in [0, 0.1) is 5.41 Å². The fraction of sp³-hybridized carbons (Fsp3) is 0.444. The Hall–Kier alpha value is -1.29.